The van der Waals surface area contributed by atoms with Crippen molar-refractivity contribution in [3.8, 4) is 0 Å². The zero-order valence-corrected chi connectivity index (χ0v) is 13.3. The Morgan fingerprint density at radius 3 is 1.76 bits per heavy atom. The van der Waals surface area contributed by atoms with Crippen molar-refractivity contribution in [3.63, 3.8) is 0 Å². The highest BCUT2D eigenvalue weighted by Crippen LogP contribution is 2.47. The van der Waals surface area contributed by atoms with E-state index < -0.39 is 0 Å². The van der Waals surface area contributed by atoms with Crippen LogP contribution in [-0.2, 0) is 5.16 Å². The van der Waals surface area contributed by atoms with Crippen molar-refractivity contribution in [3.05, 3.63) is 35.4 Å². The van der Waals surface area contributed by atoms with Gasteiger partial charge in [0, 0.05) is 5.16 Å². The molecule has 0 radical (unpaired) electrons. The molecule has 17 heavy (non-hydrogen) atoms. The smallest absolute Gasteiger partial charge is 0.0146 e. The van der Waals surface area contributed by atoms with Crippen molar-refractivity contribution in [1.29, 1.82) is 0 Å². The first-order valence-corrected chi connectivity index (χ1v) is 7.27. The summed E-state index contributed by atoms with van der Waals surface area (Å²) in [5.41, 5.74) is 3.00. The molecule has 0 heterocycles. The van der Waals surface area contributed by atoms with Crippen LogP contribution in [0.15, 0.2) is 24.3 Å². The van der Waals surface area contributed by atoms with Crippen molar-refractivity contribution in [2.75, 3.05) is 0 Å². The molecule has 0 spiro atoms. The minimum Gasteiger partial charge on any atom is -0.126 e. The standard InChI is InChI=1S/C16H27P/c1-11(2)14-9-7-8-10-15(14)16(17,12(3)4)13(5)6/h7-13H,17H2,1-6H3. The molecule has 0 bridgehead atoms. The lowest BCUT2D eigenvalue weighted by atomic mass is 9.75. The molecule has 1 unspecified atom stereocenters. The highest BCUT2D eigenvalue weighted by atomic mass is 31.0. The van der Waals surface area contributed by atoms with Gasteiger partial charge in [-0.15, -0.1) is 9.24 Å². The van der Waals surface area contributed by atoms with Crippen LogP contribution in [0.1, 0.15) is 58.6 Å². The van der Waals surface area contributed by atoms with E-state index in [0.29, 0.717) is 17.8 Å². The van der Waals surface area contributed by atoms with Crippen LogP contribution in [0.2, 0.25) is 0 Å². The summed E-state index contributed by atoms with van der Waals surface area (Å²) >= 11 is 0. The largest absolute Gasteiger partial charge is 0.126 e. The van der Waals surface area contributed by atoms with Crippen LogP contribution in [0.25, 0.3) is 0 Å². The van der Waals surface area contributed by atoms with E-state index in [0.717, 1.165) is 0 Å². The minimum absolute atomic E-state index is 0.181. The lowest BCUT2D eigenvalue weighted by molar-refractivity contribution is 0.338. The molecule has 0 nitrogen and oxygen atoms in total. The summed E-state index contributed by atoms with van der Waals surface area (Å²) in [6.45, 7) is 13.9. The average Bonchev–Trinajstić information content (AvgIpc) is 2.27. The molecule has 96 valence electrons. The zero-order valence-electron chi connectivity index (χ0n) is 12.1. The number of benzene rings is 1. The fraction of sp³-hybridized carbons (Fsp3) is 0.625. The molecular weight excluding hydrogens is 223 g/mol. The van der Waals surface area contributed by atoms with Gasteiger partial charge in [-0.3, -0.25) is 0 Å². The Balaban J connectivity index is 3.39. The van der Waals surface area contributed by atoms with E-state index in [1.54, 1.807) is 0 Å². The molecule has 0 saturated carbocycles. The molecule has 1 aromatic carbocycles. The molecule has 1 aromatic rings. The number of hydrogen-bond acceptors (Lipinski definition) is 0. The van der Waals surface area contributed by atoms with E-state index in [1.165, 1.54) is 11.1 Å². The van der Waals surface area contributed by atoms with E-state index >= 15 is 0 Å². The number of rotatable bonds is 4. The predicted octanol–water partition coefficient (Wildman–Crippen LogP) is 5.19. The molecule has 0 aliphatic carbocycles. The molecule has 1 rings (SSSR count). The van der Waals surface area contributed by atoms with Crippen LogP contribution >= 0.6 is 9.24 Å². The Morgan fingerprint density at radius 1 is 0.882 bits per heavy atom. The summed E-state index contributed by atoms with van der Waals surface area (Å²) in [6, 6.07) is 8.92. The maximum Gasteiger partial charge on any atom is 0.0146 e. The molecule has 0 aliphatic heterocycles. The first-order valence-electron chi connectivity index (χ1n) is 6.70. The van der Waals surface area contributed by atoms with Crippen LogP contribution < -0.4 is 0 Å². The van der Waals surface area contributed by atoms with Crippen LogP contribution in [0, 0.1) is 11.8 Å². The molecule has 1 heteroatoms. The predicted molar refractivity (Wildman–Crippen MR) is 81.6 cm³/mol. The van der Waals surface area contributed by atoms with E-state index in [9.17, 15) is 0 Å². The molecular formula is C16H27P. The fourth-order valence-electron chi connectivity index (χ4n) is 2.68. The van der Waals surface area contributed by atoms with Gasteiger partial charge in [-0.2, -0.15) is 0 Å². The van der Waals surface area contributed by atoms with Gasteiger partial charge in [-0.05, 0) is 28.9 Å². The van der Waals surface area contributed by atoms with Crippen molar-refractivity contribution in [2.45, 2.75) is 52.6 Å². The zero-order chi connectivity index (χ0) is 13.2. The minimum atomic E-state index is 0.181. The summed E-state index contributed by atoms with van der Waals surface area (Å²) in [4.78, 5) is 0. The van der Waals surface area contributed by atoms with Crippen LogP contribution in [0.3, 0.4) is 0 Å². The van der Waals surface area contributed by atoms with Gasteiger partial charge in [0.25, 0.3) is 0 Å². The second kappa shape index (κ2) is 5.53. The molecule has 0 saturated heterocycles. The van der Waals surface area contributed by atoms with Crippen molar-refractivity contribution >= 4 is 9.24 Å². The third kappa shape index (κ3) is 2.74. The summed E-state index contributed by atoms with van der Waals surface area (Å²) in [5.74, 6) is 1.82. The highest BCUT2D eigenvalue weighted by molar-refractivity contribution is 7.18. The van der Waals surface area contributed by atoms with E-state index in [-0.39, 0.29) is 5.16 Å². The van der Waals surface area contributed by atoms with Gasteiger partial charge in [-0.25, -0.2) is 0 Å². The van der Waals surface area contributed by atoms with Crippen LogP contribution in [-0.4, -0.2) is 0 Å². The maximum absolute atomic E-state index is 3.14. The van der Waals surface area contributed by atoms with Crippen molar-refractivity contribution in [1.82, 2.24) is 0 Å². The Morgan fingerprint density at radius 2 is 1.35 bits per heavy atom. The second-order valence-electron chi connectivity index (χ2n) is 5.98. The van der Waals surface area contributed by atoms with Gasteiger partial charge in [0.15, 0.2) is 0 Å². The molecule has 0 aromatic heterocycles. The highest BCUT2D eigenvalue weighted by Gasteiger charge is 2.35. The fourth-order valence-corrected chi connectivity index (χ4v) is 2.95. The van der Waals surface area contributed by atoms with E-state index in [1.807, 2.05) is 0 Å². The molecule has 1 atom stereocenters. The molecule has 0 aliphatic rings. The summed E-state index contributed by atoms with van der Waals surface area (Å²) in [6.07, 6.45) is 0. The number of hydrogen-bond donors (Lipinski definition) is 0. The quantitative estimate of drug-likeness (QED) is 0.645. The second-order valence-corrected chi connectivity index (χ2v) is 6.94. The normalized spacial score (nSPS) is 12.8. The third-order valence-electron chi connectivity index (χ3n) is 3.96. The van der Waals surface area contributed by atoms with Gasteiger partial charge in [0.05, 0.1) is 0 Å². The topological polar surface area (TPSA) is 0 Å². The van der Waals surface area contributed by atoms with Crippen molar-refractivity contribution < 1.29 is 0 Å². The monoisotopic (exact) mass is 250 g/mol. The van der Waals surface area contributed by atoms with E-state index in [2.05, 4.69) is 75.0 Å². The van der Waals surface area contributed by atoms with Gasteiger partial charge >= 0.3 is 0 Å². The Labute approximate surface area is 109 Å². The van der Waals surface area contributed by atoms with Gasteiger partial charge in [-0.1, -0.05) is 65.8 Å². The Kier molecular flexibility index (Phi) is 4.78. The van der Waals surface area contributed by atoms with Gasteiger partial charge in [0.2, 0.25) is 0 Å². The van der Waals surface area contributed by atoms with Gasteiger partial charge < -0.3 is 0 Å². The summed E-state index contributed by atoms with van der Waals surface area (Å²) in [5, 5.41) is 0.181. The van der Waals surface area contributed by atoms with E-state index in [4.69, 9.17) is 0 Å². The van der Waals surface area contributed by atoms with Crippen molar-refractivity contribution in [2.24, 2.45) is 11.8 Å². The lowest BCUT2D eigenvalue weighted by Gasteiger charge is -2.40. The van der Waals surface area contributed by atoms with Gasteiger partial charge in [0.1, 0.15) is 0 Å². The molecule has 0 fully saturated rings. The SMILES string of the molecule is CC(C)c1ccccc1C(P)(C(C)C)C(C)C. The first kappa shape index (κ1) is 14.7. The van der Waals surface area contributed by atoms with Crippen LogP contribution in [0.4, 0.5) is 0 Å². The molecule has 0 amide bonds. The van der Waals surface area contributed by atoms with Crippen LogP contribution in [0.5, 0.6) is 0 Å². The Bertz CT molecular complexity index is 356. The summed E-state index contributed by atoms with van der Waals surface area (Å²) in [7, 11) is 3.14. The maximum atomic E-state index is 3.14. The molecule has 0 N–H and O–H groups in total. The lowest BCUT2D eigenvalue weighted by Crippen LogP contribution is -2.32. The first-order chi connectivity index (χ1) is 7.81. The summed E-state index contributed by atoms with van der Waals surface area (Å²) < 4.78 is 0. The average molecular weight is 250 g/mol. The third-order valence-corrected chi connectivity index (χ3v) is 5.60. The Hall–Kier alpha value is -0.350.